The molecule has 0 radical (unpaired) electrons. The van der Waals surface area contributed by atoms with Crippen LogP contribution in [0.5, 0.6) is 0 Å². The number of ether oxygens (including phenoxy) is 1. The minimum absolute atomic E-state index is 0.0118. The van der Waals surface area contributed by atoms with Crippen LogP contribution in [-0.2, 0) is 14.3 Å². The van der Waals surface area contributed by atoms with Crippen LogP contribution in [0.1, 0.15) is 20.3 Å². The first-order chi connectivity index (χ1) is 8.99. The van der Waals surface area contributed by atoms with Crippen molar-refractivity contribution in [1.82, 2.24) is 10.2 Å². The van der Waals surface area contributed by atoms with Crippen LogP contribution in [0.25, 0.3) is 0 Å². The number of carbonyl (C=O) groups is 2. The topological polar surface area (TPSA) is 78.9 Å². The van der Waals surface area contributed by atoms with Gasteiger partial charge >= 0.3 is 0 Å². The molecule has 0 aliphatic carbocycles. The Hall–Kier alpha value is -1.14. The van der Waals surface area contributed by atoms with Gasteiger partial charge in [0.1, 0.15) is 0 Å². The lowest BCUT2D eigenvalue weighted by atomic mass is 10.0. The van der Waals surface area contributed by atoms with Gasteiger partial charge < -0.3 is 20.1 Å². The SMILES string of the molecule is COCCN1CC(C(=O)NC(CO)C(C)C)CC1=O. The Kier molecular flexibility index (Phi) is 6.24. The Morgan fingerprint density at radius 3 is 2.79 bits per heavy atom. The van der Waals surface area contributed by atoms with Crippen molar-refractivity contribution in [2.75, 3.05) is 33.4 Å². The highest BCUT2D eigenvalue weighted by Crippen LogP contribution is 2.18. The van der Waals surface area contributed by atoms with E-state index in [9.17, 15) is 14.7 Å². The molecule has 2 atom stereocenters. The Balaban J connectivity index is 2.48. The lowest BCUT2D eigenvalue weighted by Gasteiger charge is -2.22. The summed E-state index contributed by atoms with van der Waals surface area (Å²) < 4.78 is 4.93. The van der Waals surface area contributed by atoms with Gasteiger partial charge in [0.05, 0.1) is 25.2 Å². The molecule has 2 unspecified atom stereocenters. The summed E-state index contributed by atoms with van der Waals surface area (Å²) in [6.07, 6.45) is 0.242. The Labute approximate surface area is 114 Å². The van der Waals surface area contributed by atoms with E-state index in [-0.39, 0.29) is 42.7 Å². The number of carbonyl (C=O) groups excluding carboxylic acids is 2. The second kappa shape index (κ2) is 7.45. The zero-order chi connectivity index (χ0) is 14.4. The minimum atomic E-state index is -0.322. The highest BCUT2D eigenvalue weighted by Gasteiger charge is 2.34. The van der Waals surface area contributed by atoms with Crippen molar-refractivity contribution in [3.05, 3.63) is 0 Å². The lowest BCUT2D eigenvalue weighted by molar-refractivity contribution is -0.129. The second-order valence-corrected chi connectivity index (χ2v) is 5.28. The van der Waals surface area contributed by atoms with Crippen LogP contribution in [0.4, 0.5) is 0 Å². The molecule has 0 spiro atoms. The van der Waals surface area contributed by atoms with Crippen LogP contribution in [0.3, 0.4) is 0 Å². The number of aliphatic hydroxyl groups is 1. The fraction of sp³-hybridized carbons (Fsp3) is 0.846. The van der Waals surface area contributed by atoms with Crippen molar-refractivity contribution in [1.29, 1.82) is 0 Å². The maximum Gasteiger partial charge on any atom is 0.225 e. The highest BCUT2D eigenvalue weighted by atomic mass is 16.5. The van der Waals surface area contributed by atoms with Gasteiger partial charge in [0.25, 0.3) is 0 Å². The summed E-state index contributed by atoms with van der Waals surface area (Å²) in [4.78, 5) is 25.4. The second-order valence-electron chi connectivity index (χ2n) is 5.28. The number of hydrogen-bond acceptors (Lipinski definition) is 4. The van der Waals surface area contributed by atoms with Crippen LogP contribution in [0.2, 0.25) is 0 Å². The summed E-state index contributed by atoms with van der Waals surface area (Å²) in [5.41, 5.74) is 0. The van der Waals surface area contributed by atoms with E-state index in [4.69, 9.17) is 4.74 Å². The average molecular weight is 272 g/mol. The summed E-state index contributed by atoms with van der Waals surface area (Å²) in [6, 6.07) is -0.254. The normalized spacial score (nSPS) is 21.0. The van der Waals surface area contributed by atoms with E-state index in [1.165, 1.54) is 0 Å². The largest absolute Gasteiger partial charge is 0.394 e. The molecule has 0 bridgehead atoms. The third kappa shape index (κ3) is 4.47. The van der Waals surface area contributed by atoms with Crippen LogP contribution >= 0.6 is 0 Å². The van der Waals surface area contributed by atoms with Gasteiger partial charge in [0.2, 0.25) is 11.8 Å². The summed E-state index contributed by atoms with van der Waals surface area (Å²) in [6.45, 7) is 5.22. The van der Waals surface area contributed by atoms with Gasteiger partial charge in [-0.05, 0) is 5.92 Å². The monoisotopic (exact) mass is 272 g/mol. The maximum absolute atomic E-state index is 12.1. The molecule has 110 valence electrons. The molecule has 6 nitrogen and oxygen atoms in total. The smallest absolute Gasteiger partial charge is 0.225 e. The number of amides is 2. The molecule has 6 heteroatoms. The standard InChI is InChI=1S/C13H24N2O4/c1-9(2)11(8-16)14-13(18)10-6-12(17)15(7-10)4-5-19-3/h9-11,16H,4-8H2,1-3H3,(H,14,18). The number of nitrogens with one attached hydrogen (secondary N) is 1. The van der Waals surface area contributed by atoms with E-state index in [1.54, 1.807) is 12.0 Å². The zero-order valence-electron chi connectivity index (χ0n) is 11.9. The number of nitrogens with zero attached hydrogens (tertiary/aromatic N) is 1. The highest BCUT2D eigenvalue weighted by molar-refractivity contribution is 5.89. The van der Waals surface area contributed by atoms with E-state index < -0.39 is 0 Å². The van der Waals surface area contributed by atoms with Crippen LogP contribution in [-0.4, -0.2) is 61.3 Å². The van der Waals surface area contributed by atoms with E-state index >= 15 is 0 Å². The molecule has 0 saturated carbocycles. The molecule has 0 aromatic rings. The Morgan fingerprint density at radius 2 is 2.26 bits per heavy atom. The van der Waals surface area contributed by atoms with Crippen LogP contribution < -0.4 is 5.32 Å². The number of aliphatic hydroxyl groups excluding tert-OH is 1. The maximum atomic E-state index is 12.1. The fourth-order valence-corrected chi connectivity index (χ4v) is 2.09. The average Bonchev–Trinajstić information content (AvgIpc) is 2.74. The molecule has 1 aliphatic rings. The number of hydrogen-bond donors (Lipinski definition) is 2. The molecular formula is C13H24N2O4. The van der Waals surface area contributed by atoms with Gasteiger partial charge in [-0.2, -0.15) is 0 Å². The van der Waals surface area contributed by atoms with Gasteiger partial charge in [0, 0.05) is 26.6 Å². The molecule has 1 aliphatic heterocycles. The van der Waals surface area contributed by atoms with Gasteiger partial charge in [-0.25, -0.2) is 0 Å². The molecule has 1 rings (SSSR count). The molecule has 2 amide bonds. The number of rotatable bonds is 7. The number of likely N-dealkylation sites (tertiary alicyclic amines) is 1. The van der Waals surface area contributed by atoms with Crippen molar-refractivity contribution in [3.63, 3.8) is 0 Å². The molecular weight excluding hydrogens is 248 g/mol. The van der Waals surface area contributed by atoms with Crippen LogP contribution in [0, 0.1) is 11.8 Å². The summed E-state index contributed by atoms with van der Waals surface area (Å²) in [5, 5.41) is 12.0. The van der Waals surface area contributed by atoms with E-state index in [2.05, 4.69) is 5.32 Å². The molecule has 1 fully saturated rings. The van der Waals surface area contributed by atoms with Crippen molar-refractivity contribution in [2.45, 2.75) is 26.3 Å². The van der Waals surface area contributed by atoms with Gasteiger partial charge in [-0.1, -0.05) is 13.8 Å². The fourth-order valence-electron chi connectivity index (χ4n) is 2.09. The van der Waals surface area contributed by atoms with Crippen molar-refractivity contribution in [3.8, 4) is 0 Å². The summed E-state index contributed by atoms with van der Waals surface area (Å²) >= 11 is 0. The predicted molar refractivity (Wildman–Crippen MR) is 70.4 cm³/mol. The van der Waals surface area contributed by atoms with E-state index in [0.29, 0.717) is 19.7 Å². The zero-order valence-corrected chi connectivity index (χ0v) is 11.9. The third-order valence-corrected chi connectivity index (χ3v) is 3.48. The van der Waals surface area contributed by atoms with E-state index in [0.717, 1.165) is 0 Å². The molecule has 2 N–H and O–H groups in total. The first-order valence-electron chi connectivity index (χ1n) is 6.67. The van der Waals surface area contributed by atoms with Gasteiger partial charge in [-0.3, -0.25) is 9.59 Å². The van der Waals surface area contributed by atoms with Gasteiger partial charge in [-0.15, -0.1) is 0 Å². The molecule has 1 saturated heterocycles. The van der Waals surface area contributed by atoms with Crippen molar-refractivity contribution >= 4 is 11.8 Å². The molecule has 19 heavy (non-hydrogen) atoms. The number of methoxy groups -OCH3 is 1. The lowest BCUT2D eigenvalue weighted by Crippen LogP contribution is -2.44. The summed E-state index contributed by atoms with van der Waals surface area (Å²) in [7, 11) is 1.58. The molecule has 1 heterocycles. The van der Waals surface area contributed by atoms with Crippen molar-refractivity contribution in [2.24, 2.45) is 11.8 Å². The Morgan fingerprint density at radius 1 is 1.58 bits per heavy atom. The first-order valence-corrected chi connectivity index (χ1v) is 6.67. The predicted octanol–water partition coefficient (Wildman–Crippen LogP) is -0.386. The minimum Gasteiger partial charge on any atom is -0.394 e. The Bertz CT molecular complexity index is 320. The van der Waals surface area contributed by atoms with Gasteiger partial charge in [0.15, 0.2) is 0 Å². The summed E-state index contributed by atoms with van der Waals surface area (Å²) in [5.74, 6) is -0.323. The quantitative estimate of drug-likeness (QED) is 0.662. The first kappa shape index (κ1) is 15.9. The van der Waals surface area contributed by atoms with E-state index in [1.807, 2.05) is 13.8 Å². The van der Waals surface area contributed by atoms with Crippen molar-refractivity contribution < 1.29 is 19.4 Å². The molecule has 0 aromatic carbocycles. The third-order valence-electron chi connectivity index (χ3n) is 3.48. The molecule has 0 aromatic heterocycles. The van der Waals surface area contributed by atoms with Crippen LogP contribution in [0.15, 0.2) is 0 Å².